The molecule has 2 saturated heterocycles. The summed E-state index contributed by atoms with van der Waals surface area (Å²) < 4.78 is 0. The van der Waals surface area contributed by atoms with Gasteiger partial charge in [0.1, 0.15) is 5.54 Å². The first-order valence-corrected chi connectivity index (χ1v) is 9.29. The van der Waals surface area contributed by atoms with Gasteiger partial charge in [-0.2, -0.15) is 5.10 Å². The maximum atomic E-state index is 12.9. The molecule has 8 heteroatoms. The fourth-order valence-electron chi connectivity index (χ4n) is 3.94. The van der Waals surface area contributed by atoms with Crippen LogP contribution in [0.3, 0.4) is 0 Å². The van der Waals surface area contributed by atoms with Crippen LogP contribution < -0.4 is 10.2 Å². The summed E-state index contributed by atoms with van der Waals surface area (Å²) >= 11 is 6.24. The highest BCUT2D eigenvalue weighted by Gasteiger charge is 2.52. The Morgan fingerprint density at radius 1 is 1.27 bits per heavy atom. The van der Waals surface area contributed by atoms with Gasteiger partial charge >= 0.3 is 6.03 Å². The highest BCUT2D eigenvalue weighted by molar-refractivity contribution is 6.31. The Morgan fingerprint density at radius 2 is 2.00 bits per heavy atom. The number of H-pyrrole nitrogens is 1. The van der Waals surface area contributed by atoms with Crippen LogP contribution in [0.1, 0.15) is 26.7 Å². The Morgan fingerprint density at radius 3 is 2.69 bits per heavy atom. The molecule has 2 aliphatic heterocycles. The molecule has 0 unspecified atom stereocenters. The van der Waals surface area contributed by atoms with E-state index in [1.54, 1.807) is 6.20 Å². The molecule has 1 aromatic carbocycles. The normalized spacial score (nSPS) is 19.8. The molecule has 0 radical (unpaired) electrons. The number of carbonyl (C=O) groups excluding carboxylic acids is 2. The quantitative estimate of drug-likeness (QED) is 0.808. The van der Waals surface area contributed by atoms with Crippen molar-refractivity contribution >= 4 is 40.1 Å². The molecule has 4 rings (SSSR count). The third-order valence-electron chi connectivity index (χ3n) is 5.25. The van der Waals surface area contributed by atoms with E-state index >= 15 is 0 Å². The van der Waals surface area contributed by atoms with Crippen LogP contribution >= 0.6 is 11.6 Å². The molecule has 3 heterocycles. The van der Waals surface area contributed by atoms with E-state index in [2.05, 4.69) is 20.4 Å². The Balaban J connectivity index is 1.55. The van der Waals surface area contributed by atoms with Crippen LogP contribution in [-0.4, -0.2) is 52.2 Å². The predicted octanol–water partition coefficient (Wildman–Crippen LogP) is 2.76. The Bertz CT molecular complexity index is 870. The summed E-state index contributed by atoms with van der Waals surface area (Å²) in [6, 6.07) is 3.51. The molecule has 1 aromatic heterocycles. The van der Waals surface area contributed by atoms with Crippen molar-refractivity contribution in [3.05, 3.63) is 23.4 Å². The van der Waals surface area contributed by atoms with E-state index in [-0.39, 0.29) is 17.9 Å². The molecule has 0 aliphatic carbocycles. The van der Waals surface area contributed by atoms with E-state index in [0.717, 1.165) is 16.6 Å². The van der Waals surface area contributed by atoms with E-state index in [1.165, 1.54) is 4.90 Å². The van der Waals surface area contributed by atoms with E-state index in [0.29, 0.717) is 37.5 Å². The molecule has 26 heavy (non-hydrogen) atoms. The highest BCUT2D eigenvalue weighted by atomic mass is 35.5. The van der Waals surface area contributed by atoms with Crippen LogP contribution in [0.2, 0.25) is 5.02 Å². The lowest BCUT2D eigenvalue weighted by molar-refractivity contribution is -0.132. The molecule has 1 spiro atoms. The SMILES string of the molecule is CC(C)CN1C(=O)NC2(CCN(c3cc(Cl)cc4[nH]ncc34)CC2)C1=O. The van der Waals surface area contributed by atoms with Crippen molar-refractivity contribution in [2.75, 3.05) is 24.5 Å². The number of hydrogen-bond donors (Lipinski definition) is 2. The number of nitrogens with one attached hydrogen (secondary N) is 2. The Labute approximate surface area is 156 Å². The molecule has 138 valence electrons. The van der Waals surface area contributed by atoms with Gasteiger partial charge in [-0.3, -0.25) is 14.8 Å². The van der Waals surface area contributed by atoms with Crippen LogP contribution in [0.5, 0.6) is 0 Å². The molecule has 2 fully saturated rings. The number of benzene rings is 1. The first kappa shape index (κ1) is 17.1. The van der Waals surface area contributed by atoms with Gasteiger partial charge in [0, 0.05) is 35.7 Å². The third-order valence-corrected chi connectivity index (χ3v) is 5.47. The predicted molar refractivity (Wildman–Crippen MR) is 100 cm³/mol. The number of fused-ring (bicyclic) bond motifs is 1. The average molecular weight is 376 g/mol. The van der Waals surface area contributed by atoms with Crippen molar-refractivity contribution in [2.45, 2.75) is 32.2 Å². The van der Waals surface area contributed by atoms with Gasteiger partial charge in [0.05, 0.1) is 11.7 Å². The van der Waals surface area contributed by atoms with Crippen molar-refractivity contribution in [1.29, 1.82) is 0 Å². The van der Waals surface area contributed by atoms with Crippen LogP contribution in [0.25, 0.3) is 10.9 Å². The molecule has 2 N–H and O–H groups in total. The highest BCUT2D eigenvalue weighted by Crippen LogP contribution is 2.35. The number of rotatable bonds is 3. The average Bonchev–Trinajstić information content (AvgIpc) is 3.14. The minimum absolute atomic E-state index is 0.0876. The summed E-state index contributed by atoms with van der Waals surface area (Å²) in [4.78, 5) is 28.7. The van der Waals surface area contributed by atoms with Crippen molar-refractivity contribution in [3.63, 3.8) is 0 Å². The number of amides is 3. The first-order valence-electron chi connectivity index (χ1n) is 8.91. The Hall–Kier alpha value is -2.28. The van der Waals surface area contributed by atoms with Gasteiger partial charge in [-0.1, -0.05) is 25.4 Å². The van der Waals surface area contributed by atoms with Crippen LogP contribution in [-0.2, 0) is 4.79 Å². The van der Waals surface area contributed by atoms with Gasteiger partial charge in [-0.05, 0) is 30.9 Å². The molecular formula is C18H22ClN5O2. The van der Waals surface area contributed by atoms with Gasteiger partial charge in [0.2, 0.25) is 0 Å². The molecular weight excluding hydrogens is 354 g/mol. The Kier molecular flexibility index (Phi) is 4.06. The number of imide groups is 1. The number of halogens is 1. The maximum Gasteiger partial charge on any atom is 0.325 e. The minimum atomic E-state index is -0.767. The number of hydrogen-bond acceptors (Lipinski definition) is 4. The number of anilines is 1. The zero-order valence-electron chi connectivity index (χ0n) is 14.9. The van der Waals surface area contributed by atoms with Gasteiger partial charge in [0.15, 0.2) is 0 Å². The van der Waals surface area contributed by atoms with Crippen molar-refractivity contribution in [1.82, 2.24) is 20.4 Å². The lowest BCUT2D eigenvalue weighted by Crippen LogP contribution is -2.55. The van der Waals surface area contributed by atoms with Crippen LogP contribution in [0.15, 0.2) is 18.3 Å². The second kappa shape index (κ2) is 6.16. The van der Waals surface area contributed by atoms with Crippen LogP contribution in [0, 0.1) is 5.92 Å². The molecule has 0 saturated carbocycles. The van der Waals surface area contributed by atoms with Crippen molar-refractivity contribution in [3.8, 4) is 0 Å². The fourth-order valence-corrected chi connectivity index (χ4v) is 4.15. The number of carbonyl (C=O) groups is 2. The second-order valence-corrected chi connectivity index (χ2v) is 8.00. The lowest BCUT2D eigenvalue weighted by atomic mass is 9.87. The topological polar surface area (TPSA) is 81.3 Å². The zero-order chi connectivity index (χ0) is 18.5. The number of piperidine rings is 1. The second-order valence-electron chi connectivity index (χ2n) is 7.57. The largest absolute Gasteiger partial charge is 0.371 e. The molecule has 2 aromatic rings. The number of aromatic amines is 1. The third kappa shape index (κ3) is 2.70. The van der Waals surface area contributed by atoms with Gasteiger partial charge in [-0.15, -0.1) is 0 Å². The number of aromatic nitrogens is 2. The van der Waals surface area contributed by atoms with E-state index in [1.807, 2.05) is 26.0 Å². The van der Waals surface area contributed by atoms with E-state index < -0.39 is 5.54 Å². The molecule has 3 amide bonds. The van der Waals surface area contributed by atoms with Gasteiger partial charge < -0.3 is 10.2 Å². The number of urea groups is 1. The standard InChI is InChI=1S/C18H22ClN5O2/c1-11(2)10-24-16(25)18(21-17(24)26)3-5-23(6-4-18)15-8-12(19)7-14-13(15)9-20-22-14/h7-9,11H,3-6,10H2,1-2H3,(H,20,22)(H,21,26). The summed E-state index contributed by atoms with van der Waals surface area (Å²) in [5.41, 5.74) is 1.13. The monoisotopic (exact) mass is 375 g/mol. The summed E-state index contributed by atoms with van der Waals surface area (Å²) in [6.45, 7) is 5.80. The molecule has 0 bridgehead atoms. The number of nitrogens with zero attached hydrogens (tertiary/aromatic N) is 3. The minimum Gasteiger partial charge on any atom is -0.371 e. The summed E-state index contributed by atoms with van der Waals surface area (Å²) in [6.07, 6.45) is 2.95. The fraction of sp³-hybridized carbons (Fsp3) is 0.500. The zero-order valence-corrected chi connectivity index (χ0v) is 15.6. The molecule has 0 atom stereocenters. The smallest absolute Gasteiger partial charge is 0.325 e. The van der Waals surface area contributed by atoms with Gasteiger partial charge in [0.25, 0.3) is 5.91 Å². The van der Waals surface area contributed by atoms with E-state index in [4.69, 9.17) is 11.6 Å². The summed E-state index contributed by atoms with van der Waals surface area (Å²) in [7, 11) is 0. The molecule has 2 aliphatic rings. The molecule has 7 nitrogen and oxygen atoms in total. The van der Waals surface area contributed by atoms with Gasteiger partial charge in [-0.25, -0.2) is 4.79 Å². The lowest BCUT2D eigenvalue weighted by Gasteiger charge is -2.38. The summed E-state index contributed by atoms with van der Waals surface area (Å²) in [5.74, 6) is 0.163. The first-order chi connectivity index (χ1) is 12.4. The van der Waals surface area contributed by atoms with E-state index in [9.17, 15) is 9.59 Å². The van der Waals surface area contributed by atoms with Crippen molar-refractivity contribution in [2.24, 2.45) is 5.92 Å². The van der Waals surface area contributed by atoms with Crippen molar-refractivity contribution < 1.29 is 9.59 Å². The van der Waals surface area contributed by atoms with Crippen LogP contribution in [0.4, 0.5) is 10.5 Å². The summed E-state index contributed by atoms with van der Waals surface area (Å²) in [5, 5.41) is 11.7. The maximum absolute atomic E-state index is 12.9.